The second-order valence-corrected chi connectivity index (χ2v) is 4.04. The number of nitrogens with one attached hydrogen (secondary N) is 1. The van der Waals surface area contributed by atoms with Crippen molar-refractivity contribution in [1.29, 1.82) is 0 Å². The van der Waals surface area contributed by atoms with E-state index in [0.29, 0.717) is 0 Å². The molecule has 0 unspecified atom stereocenters. The first-order valence-electron chi connectivity index (χ1n) is 5.35. The van der Waals surface area contributed by atoms with Gasteiger partial charge in [-0.1, -0.05) is 13.8 Å². The summed E-state index contributed by atoms with van der Waals surface area (Å²) in [7, 11) is 0. The molecule has 1 rings (SSSR count). The average Bonchev–Trinajstić information content (AvgIpc) is 2.14. The minimum absolute atomic E-state index is 0.825. The summed E-state index contributed by atoms with van der Waals surface area (Å²) in [6.07, 6.45) is 2.59. The molecule has 1 aliphatic heterocycles. The van der Waals surface area contributed by atoms with Crippen molar-refractivity contribution in [1.82, 2.24) is 10.4 Å². The molecule has 78 valence electrons. The lowest BCUT2D eigenvalue weighted by Crippen LogP contribution is -2.46. The van der Waals surface area contributed by atoms with E-state index in [1.807, 2.05) is 0 Å². The van der Waals surface area contributed by atoms with Gasteiger partial charge in [0.05, 0.1) is 13.2 Å². The normalized spacial score (nSPS) is 19.6. The summed E-state index contributed by atoms with van der Waals surface area (Å²) in [4.78, 5) is 0. The van der Waals surface area contributed by atoms with Gasteiger partial charge < -0.3 is 4.74 Å². The van der Waals surface area contributed by atoms with Gasteiger partial charge in [-0.25, -0.2) is 5.01 Å². The summed E-state index contributed by atoms with van der Waals surface area (Å²) in [5.74, 6) is 0.825. The standard InChI is InChI=1S/C10H22N2O/c1-10(2)4-3-5-11-12-6-8-13-9-7-12/h10-11H,3-9H2,1-2H3. The van der Waals surface area contributed by atoms with Crippen molar-refractivity contribution < 1.29 is 4.74 Å². The van der Waals surface area contributed by atoms with Gasteiger partial charge in [0.2, 0.25) is 0 Å². The van der Waals surface area contributed by atoms with E-state index >= 15 is 0 Å². The van der Waals surface area contributed by atoms with E-state index in [0.717, 1.165) is 38.8 Å². The minimum atomic E-state index is 0.825. The van der Waals surface area contributed by atoms with Crippen LogP contribution in [0.4, 0.5) is 0 Å². The molecule has 0 atom stereocenters. The van der Waals surface area contributed by atoms with Gasteiger partial charge in [0.25, 0.3) is 0 Å². The molecule has 0 aromatic heterocycles. The fraction of sp³-hybridized carbons (Fsp3) is 1.00. The summed E-state index contributed by atoms with van der Waals surface area (Å²) in [6.45, 7) is 9.46. The Morgan fingerprint density at radius 2 is 2.00 bits per heavy atom. The SMILES string of the molecule is CC(C)CCCNN1CCOCC1. The molecule has 0 aromatic carbocycles. The van der Waals surface area contributed by atoms with Gasteiger partial charge in [-0.2, -0.15) is 0 Å². The van der Waals surface area contributed by atoms with E-state index in [2.05, 4.69) is 24.3 Å². The van der Waals surface area contributed by atoms with Crippen LogP contribution in [-0.2, 0) is 4.74 Å². The molecule has 0 amide bonds. The molecule has 1 N–H and O–H groups in total. The Labute approximate surface area is 81.4 Å². The van der Waals surface area contributed by atoms with Crippen LogP contribution in [0, 0.1) is 5.92 Å². The van der Waals surface area contributed by atoms with Gasteiger partial charge in [0.15, 0.2) is 0 Å². The zero-order valence-corrected chi connectivity index (χ0v) is 8.88. The largest absolute Gasteiger partial charge is 0.379 e. The van der Waals surface area contributed by atoms with E-state index in [9.17, 15) is 0 Å². The second kappa shape index (κ2) is 6.35. The molecule has 0 spiro atoms. The summed E-state index contributed by atoms with van der Waals surface area (Å²) < 4.78 is 5.26. The van der Waals surface area contributed by atoms with E-state index in [-0.39, 0.29) is 0 Å². The Hall–Kier alpha value is -0.120. The van der Waals surface area contributed by atoms with Crippen LogP contribution in [0.25, 0.3) is 0 Å². The maximum absolute atomic E-state index is 5.26. The predicted octanol–water partition coefficient (Wildman–Crippen LogP) is 1.26. The van der Waals surface area contributed by atoms with Crippen LogP contribution in [-0.4, -0.2) is 37.9 Å². The summed E-state index contributed by atoms with van der Waals surface area (Å²) in [5.41, 5.74) is 3.43. The number of hydrogen-bond donors (Lipinski definition) is 1. The Morgan fingerprint density at radius 3 is 2.62 bits per heavy atom. The highest BCUT2D eigenvalue weighted by molar-refractivity contribution is 4.57. The number of nitrogens with zero attached hydrogens (tertiary/aromatic N) is 1. The maximum Gasteiger partial charge on any atom is 0.0608 e. The Morgan fingerprint density at radius 1 is 1.31 bits per heavy atom. The predicted molar refractivity (Wildman–Crippen MR) is 54.5 cm³/mol. The summed E-state index contributed by atoms with van der Waals surface area (Å²) in [6, 6.07) is 0. The molecule has 3 nitrogen and oxygen atoms in total. The van der Waals surface area contributed by atoms with Crippen molar-refractivity contribution in [3.63, 3.8) is 0 Å². The number of hydrazine groups is 1. The minimum Gasteiger partial charge on any atom is -0.379 e. The van der Waals surface area contributed by atoms with Crippen LogP contribution in [0.1, 0.15) is 26.7 Å². The third-order valence-electron chi connectivity index (χ3n) is 2.30. The van der Waals surface area contributed by atoms with Crippen LogP contribution in [0.5, 0.6) is 0 Å². The third kappa shape index (κ3) is 5.24. The molecule has 0 aromatic rings. The third-order valence-corrected chi connectivity index (χ3v) is 2.30. The first-order chi connectivity index (χ1) is 6.29. The first-order valence-corrected chi connectivity index (χ1v) is 5.35. The highest BCUT2D eigenvalue weighted by atomic mass is 16.5. The van der Waals surface area contributed by atoms with Gasteiger partial charge >= 0.3 is 0 Å². The van der Waals surface area contributed by atoms with E-state index in [1.54, 1.807) is 0 Å². The smallest absolute Gasteiger partial charge is 0.0608 e. The van der Waals surface area contributed by atoms with Crippen LogP contribution in [0.2, 0.25) is 0 Å². The Bertz CT molecular complexity index is 122. The van der Waals surface area contributed by atoms with Crippen molar-refractivity contribution in [2.24, 2.45) is 5.92 Å². The molecule has 0 aliphatic carbocycles. The lowest BCUT2D eigenvalue weighted by molar-refractivity contribution is 0.0117. The first kappa shape index (κ1) is 11.0. The topological polar surface area (TPSA) is 24.5 Å². The van der Waals surface area contributed by atoms with Gasteiger partial charge in [-0.15, -0.1) is 0 Å². The molecule has 1 aliphatic rings. The lowest BCUT2D eigenvalue weighted by Gasteiger charge is -2.27. The summed E-state index contributed by atoms with van der Waals surface area (Å²) in [5, 5.41) is 2.27. The molecule has 0 bridgehead atoms. The van der Waals surface area contributed by atoms with Gasteiger partial charge in [-0.3, -0.25) is 5.43 Å². The molecule has 1 fully saturated rings. The van der Waals surface area contributed by atoms with Crippen molar-refractivity contribution in [2.45, 2.75) is 26.7 Å². The van der Waals surface area contributed by atoms with Crippen LogP contribution < -0.4 is 5.43 Å². The molecule has 1 saturated heterocycles. The fourth-order valence-electron chi connectivity index (χ4n) is 1.47. The Kier molecular flexibility index (Phi) is 5.35. The molecular weight excluding hydrogens is 164 g/mol. The van der Waals surface area contributed by atoms with Crippen LogP contribution >= 0.6 is 0 Å². The highest BCUT2D eigenvalue weighted by Crippen LogP contribution is 2.02. The maximum atomic E-state index is 5.26. The van der Waals surface area contributed by atoms with Gasteiger partial charge in [0.1, 0.15) is 0 Å². The molecule has 1 heterocycles. The van der Waals surface area contributed by atoms with Gasteiger partial charge in [-0.05, 0) is 18.8 Å². The zero-order chi connectivity index (χ0) is 9.52. The number of rotatable bonds is 5. The molecule has 0 saturated carbocycles. The lowest BCUT2D eigenvalue weighted by atomic mass is 10.1. The second-order valence-electron chi connectivity index (χ2n) is 4.04. The number of morpholine rings is 1. The van der Waals surface area contributed by atoms with Crippen LogP contribution in [0.15, 0.2) is 0 Å². The quantitative estimate of drug-likeness (QED) is 0.654. The van der Waals surface area contributed by atoms with Crippen molar-refractivity contribution in [3.05, 3.63) is 0 Å². The fourth-order valence-corrected chi connectivity index (χ4v) is 1.47. The van der Waals surface area contributed by atoms with Crippen molar-refractivity contribution >= 4 is 0 Å². The number of hydrogen-bond acceptors (Lipinski definition) is 3. The highest BCUT2D eigenvalue weighted by Gasteiger charge is 2.08. The average molecular weight is 186 g/mol. The van der Waals surface area contributed by atoms with E-state index in [4.69, 9.17) is 4.74 Å². The molecule has 0 radical (unpaired) electrons. The van der Waals surface area contributed by atoms with E-state index in [1.165, 1.54) is 12.8 Å². The van der Waals surface area contributed by atoms with Crippen LogP contribution in [0.3, 0.4) is 0 Å². The van der Waals surface area contributed by atoms with Crippen molar-refractivity contribution in [3.8, 4) is 0 Å². The molecule has 13 heavy (non-hydrogen) atoms. The monoisotopic (exact) mass is 186 g/mol. The summed E-state index contributed by atoms with van der Waals surface area (Å²) >= 11 is 0. The molecule has 3 heteroatoms. The Balaban J connectivity index is 1.92. The number of ether oxygens (including phenoxy) is 1. The molecular formula is C10H22N2O. The zero-order valence-electron chi connectivity index (χ0n) is 8.88. The van der Waals surface area contributed by atoms with Crippen molar-refractivity contribution in [2.75, 3.05) is 32.8 Å². The van der Waals surface area contributed by atoms with E-state index < -0.39 is 0 Å². The van der Waals surface area contributed by atoms with Gasteiger partial charge in [0, 0.05) is 19.6 Å².